The van der Waals surface area contributed by atoms with Crippen LogP contribution in [0.15, 0.2) is 24.3 Å². The molecule has 2 rings (SSSR count). The average Bonchev–Trinajstić information content (AvgIpc) is 2.87. The van der Waals surface area contributed by atoms with Crippen molar-refractivity contribution in [3.8, 4) is 5.75 Å². The fourth-order valence-electron chi connectivity index (χ4n) is 2.41. The number of methoxy groups -OCH3 is 1. The zero-order valence-corrected chi connectivity index (χ0v) is 11.0. The maximum Gasteiger partial charge on any atom is 0.234 e. The molecule has 0 spiro atoms. The van der Waals surface area contributed by atoms with E-state index in [1.807, 2.05) is 4.90 Å². The van der Waals surface area contributed by atoms with Crippen LogP contribution in [0.4, 0.5) is 0 Å². The Morgan fingerprint density at radius 2 is 2.26 bits per heavy atom. The SMILES string of the molecule is COc1cccc(C(=O)CN2CCCC2C(N)=O)c1. The van der Waals surface area contributed by atoms with Crippen molar-refractivity contribution in [2.75, 3.05) is 20.2 Å². The van der Waals surface area contributed by atoms with E-state index in [0.717, 1.165) is 19.4 Å². The van der Waals surface area contributed by atoms with Gasteiger partial charge in [-0.05, 0) is 31.5 Å². The quantitative estimate of drug-likeness (QED) is 0.798. The van der Waals surface area contributed by atoms with E-state index in [1.54, 1.807) is 31.4 Å². The number of hydrogen-bond donors (Lipinski definition) is 1. The van der Waals surface area contributed by atoms with Crippen LogP contribution < -0.4 is 10.5 Å². The Labute approximate surface area is 112 Å². The molecule has 0 aromatic heterocycles. The molecule has 1 amide bonds. The van der Waals surface area contributed by atoms with Crippen molar-refractivity contribution in [1.29, 1.82) is 0 Å². The first-order valence-electron chi connectivity index (χ1n) is 6.32. The number of carbonyl (C=O) groups is 2. The van der Waals surface area contributed by atoms with Gasteiger partial charge in [-0.3, -0.25) is 14.5 Å². The molecule has 1 atom stereocenters. The normalized spacial score (nSPS) is 19.3. The summed E-state index contributed by atoms with van der Waals surface area (Å²) in [6, 6.07) is 6.72. The Hall–Kier alpha value is -1.88. The molecule has 0 bridgehead atoms. The van der Waals surface area contributed by atoms with Crippen molar-refractivity contribution in [2.45, 2.75) is 18.9 Å². The molecule has 102 valence electrons. The van der Waals surface area contributed by atoms with E-state index in [9.17, 15) is 9.59 Å². The first-order valence-corrected chi connectivity index (χ1v) is 6.32. The molecule has 2 N–H and O–H groups in total. The largest absolute Gasteiger partial charge is 0.497 e. The van der Waals surface area contributed by atoms with Crippen LogP contribution in [0.3, 0.4) is 0 Å². The number of nitrogens with two attached hydrogens (primary N) is 1. The molecule has 1 aromatic carbocycles. The van der Waals surface area contributed by atoms with E-state index in [2.05, 4.69) is 0 Å². The molecule has 0 radical (unpaired) electrons. The number of rotatable bonds is 5. The number of ketones is 1. The molecule has 1 unspecified atom stereocenters. The summed E-state index contributed by atoms with van der Waals surface area (Å²) in [5, 5.41) is 0. The molecule has 1 saturated heterocycles. The average molecular weight is 262 g/mol. The van der Waals surface area contributed by atoms with Gasteiger partial charge in [-0.1, -0.05) is 12.1 Å². The van der Waals surface area contributed by atoms with Crippen molar-refractivity contribution < 1.29 is 14.3 Å². The third-order valence-electron chi connectivity index (χ3n) is 3.43. The van der Waals surface area contributed by atoms with Gasteiger partial charge in [0.1, 0.15) is 5.75 Å². The number of likely N-dealkylation sites (tertiary alicyclic amines) is 1. The number of Topliss-reactive ketones (excluding diaryl/α,β-unsaturated/α-hetero) is 1. The first-order chi connectivity index (χ1) is 9.11. The number of benzene rings is 1. The number of primary amides is 1. The number of ether oxygens (including phenoxy) is 1. The van der Waals surface area contributed by atoms with Gasteiger partial charge in [0.05, 0.1) is 19.7 Å². The van der Waals surface area contributed by atoms with Crippen LogP contribution in [0.2, 0.25) is 0 Å². The molecule has 1 aliphatic heterocycles. The van der Waals surface area contributed by atoms with Crippen molar-refractivity contribution >= 4 is 11.7 Å². The van der Waals surface area contributed by atoms with Crippen LogP contribution in [-0.2, 0) is 4.79 Å². The number of amides is 1. The van der Waals surface area contributed by atoms with Gasteiger partial charge in [0, 0.05) is 5.56 Å². The number of carbonyl (C=O) groups excluding carboxylic acids is 2. The highest BCUT2D eigenvalue weighted by Gasteiger charge is 2.30. The van der Waals surface area contributed by atoms with Crippen LogP contribution in [0.25, 0.3) is 0 Å². The van der Waals surface area contributed by atoms with E-state index in [0.29, 0.717) is 11.3 Å². The molecule has 19 heavy (non-hydrogen) atoms. The molecule has 1 heterocycles. The lowest BCUT2D eigenvalue weighted by atomic mass is 10.1. The van der Waals surface area contributed by atoms with Crippen molar-refractivity contribution in [3.05, 3.63) is 29.8 Å². The van der Waals surface area contributed by atoms with E-state index in [1.165, 1.54) is 0 Å². The topological polar surface area (TPSA) is 72.6 Å². The van der Waals surface area contributed by atoms with Gasteiger partial charge < -0.3 is 10.5 Å². The molecule has 0 aliphatic carbocycles. The molecule has 1 fully saturated rings. The van der Waals surface area contributed by atoms with Crippen LogP contribution >= 0.6 is 0 Å². The molecule has 0 saturated carbocycles. The molecule has 1 aromatic rings. The van der Waals surface area contributed by atoms with E-state index in [-0.39, 0.29) is 24.3 Å². The second kappa shape index (κ2) is 5.84. The van der Waals surface area contributed by atoms with E-state index in [4.69, 9.17) is 10.5 Å². The Morgan fingerprint density at radius 3 is 2.95 bits per heavy atom. The van der Waals surface area contributed by atoms with E-state index < -0.39 is 0 Å². The summed E-state index contributed by atoms with van der Waals surface area (Å²) < 4.78 is 5.09. The van der Waals surface area contributed by atoms with Crippen LogP contribution in [-0.4, -0.2) is 42.8 Å². The minimum absolute atomic E-state index is 0.0212. The number of nitrogens with zero attached hydrogens (tertiary/aromatic N) is 1. The maximum absolute atomic E-state index is 12.2. The molecule has 5 heteroatoms. The second-order valence-corrected chi connectivity index (χ2v) is 4.69. The van der Waals surface area contributed by atoms with Crippen molar-refractivity contribution in [1.82, 2.24) is 4.90 Å². The molecule has 1 aliphatic rings. The summed E-state index contributed by atoms with van der Waals surface area (Å²) in [5.74, 6) is 0.279. The lowest BCUT2D eigenvalue weighted by Crippen LogP contribution is -2.42. The summed E-state index contributed by atoms with van der Waals surface area (Å²) >= 11 is 0. The van der Waals surface area contributed by atoms with Crippen LogP contribution in [0.5, 0.6) is 5.75 Å². The number of hydrogen-bond acceptors (Lipinski definition) is 4. The Bertz CT molecular complexity index is 487. The smallest absolute Gasteiger partial charge is 0.234 e. The third kappa shape index (κ3) is 3.12. The van der Waals surface area contributed by atoms with Gasteiger partial charge in [-0.2, -0.15) is 0 Å². The first kappa shape index (κ1) is 13.5. The van der Waals surface area contributed by atoms with E-state index >= 15 is 0 Å². The predicted octanol–water partition coefficient (Wildman–Crippen LogP) is 0.828. The lowest BCUT2D eigenvalue weighted by Gasteiger charge is -2.20. The summed E-state index contributed by atoms with van der Waals surface area (Å²) in [6.07, 6.45) is 1.64. The highest BCUT2D eigenvalue weighted by Crippen LogP contribution is 2.18. The summed E-state index contributed by atoms with van der Waals surface area (Å²) in [4.78, 5) is 25.3. The molecular weight excluding hydrogens is 244 g/mol. The monoisotopic (exact) mass is 262 g/mol. The van der Waals surface area contributed by atoms with Gasteiger partial charge in [-0.15, -0.1) is 0 Å². The van der Waals surface area contributed by atoms with Gasteiger partial charge in [0.25, 0.3) is 0 Å². The standard InChI is InChI=1S/C14H18N2O3/c1-19-11-5-2-4-10(8-11)13(17)9-16-7-3-6-12(16)14(15)18/h2,4-5,8,12H,3,6-7,9H2,1H3,(H2,15,18). The second-order valence-electron chi connectivity index (χ2n) is 4.69. The highest BCUT2D eigenvalue weighted by atomic mass is 16.5. The Kier molecular flexibility index (Phi) is 4.16. The maximum atomic E-state index is 12.2. The van der Waals surface area contributed by atoms with Gasteiger partial charge in [-0.25, -0.2) is 0 Å². The van der Waals surface area contributed by atoms with Gasteiger partial charge in [0.15, 0.2) is 5.78 Å². The zero-order chi connectivity index (χ0) is 13.8. The summed E-state index contributed by atoms with van der Waals surface area (Å²) in [6.45, 7) is 0.962. The van der Waals surface area contributed by atoms with Gasteiger partial charge >= 0.3 is 0 Å². The lowest BCUT2D eigenvalue weighted by molar-refractivity contribution is -0.122. The minimum Gasteiger partial charge on any atom is -0.497 e. The van der Waals surface area contributed by atoms with Gasteiger partial charge in [0.2, 0.25) is 5.91 Å². The molecular formula is C14H18N2O3. The zero-order valence-electron chi connectivity index (χ0n) is 11.0. The Morgan fingerprint density at radius 1 is 1.47 bits per heavy atom. The highest BCUT2D eigenvalue weighted by molar-refractivity contribution is 5.98. The summed E-state index contributed by atoms with van der Waals surface area (Å²) in [5.41, 5.74) is 5.93. The summed E-state index contributed by atoms with van der Waals surface area (Å²) in [7, 11) is 1.56. The molecule has 5 nitrogen and oxygen atoms in total. The fourth-order valence-corrected chi connectivity index (χ4v) is 2.41. The van der Waals surface area contributed by atoms with Crippen molar-refractivity contribution in [3.63, 3.8) is 0 Å². The van der Waals surface area contributed by atoms with Crippen molar-refractivity contribution in [2.24, 2.45) is 5.73 Å². The van der Waals surface area contributed by atoms with Crippen LogP contribution in [0, 0.1) is 0 Å². The fraction of sp³-hybridized carbons (Fsp3) is 0.429. The Balaban J connectivity index is 2.06. The minimum atomic E-state index is -0.351. The third-order valence-corrected chi connectivity index (χ3v) is 3.43. The van der Waals surface area contributed by atoms with Crippen LogP contribution in [0.1, 0.15) is 23.2 Å². The predicted molar refractivity (Wildman–Crippen MR) is 71.1 cm³/mol.